The van der Waals surface area contributed by atoms with Crippen LogP contribution in [0.4, 0.5) is 4.39 Å². The topological polar surface area (TPSA) is 72.8 Å². The smallest absolute Gasteiger partial charge is 0.256 e. The van der Waals surface area contributed by atoms with E-state index in [4.69, 9.17) is 5.11 Å². The molecule has 0 aromatic heterocycles. The molecule has 0 aliphatic carbocycles. The van der Waals surface area contributed by atoms with Gasteiger partial charge in [0, 0.05) is 26.2 Å². The van der Waals surface area contributed by atoms with E-state index in [2.05, 4.69) is 5.32 Å². The number of β-amino-alcohol motifs (C(OH)–C–C–N with tert-alkyl or cyclic N) is 1. The molecule has 2 rings (SSSR count). The first-order chi connectivity index (χ1) is 8.50. The number of nitrogens with one attached hydrogen (secondary N) is 1. The van der Waals surface area contributed by atoms with Crippen molar-refractivity contribution < 1.29 is 19.4 Å². The van der Waals surface area contributed by atoms with Gasteiger partial charge in [-0.1, -0.05) is 0 Å². The summed E-state index contributed by atoms with van der Waals surface area (Å²) in [6, 6.07) is 3.02. The molecule has 0 saturated carbocycles. The van der Waals surface area contributed by atoms with Gasteiger partial charge in [-0.25, -0.2) is 4.39 Å². The van der Waals surface area contributed by atoms with Crippen molar-refractivity contribution in [2.75, 3.05) is 20.1 Å². The Morgan fingerprint density at radius 3 is 2.78 bits per heavy atom. The summed E-state index contributed by atoms with van der Waals surface area (Å²) in [5.74, 6) is -1.51. The molecule has 0 radical (unpaired) electrons. The second kappa shape index (κ2) is 4.91. The van der Waals surface area contributed by atoms with Gasteiger partial charge in [0.1, 0.15) is 11.6 Å². The zero-order chi connectivity index (χ0) is 13.3. The van der Waals surface area contributed by atoms with Crippen LogP contribution in [-0.4, -0.2) is 53.3 Å². The van der Waals surface area contributed by atoms with Crippen molar-refractivity contribution in [1.29, 1.82) is 0 Å². The second-order valence-electron chi connectivity index (χ2n) is 4.37. The van der Waals surface area contributed by atoms with Crippen molar-refractivity contribution in [1.82, 2.24) is 10.2 Å². The highest BCUT2D eigenvalue weighted by atomic mass is 19.1. The summed E-state index contributed by atoms with van der Waals surface area (Å²) in [7, 11) is 1.52. The lowest BCUT2D eigenvalue weighted by Crippen LogP contribution is -2.44. The van der Waals surface area contributed by atoms with Gasteiger partial charge in [-0.15, -0.1) is 0 Å². The van der Waals surface area contributed by atoms with Crippen LogP contribution in [-0.2, 0) is 0 Å². The van der Waals surface area contributed by atoms with Gasteiger partial charge in [-0.05, 0) is 12.1 Å². The second-order valence-corrected chi connectivity index (χ2v) is 4.37. The fourth-order valence-electron chi connectivity index (χ4n) is 2.06. The minimum atomic E-state index is -0.771. The molecular weight excluding hydrogens is 239 g/mol. The van der Waals surface area contributed by atoms with Crippen LogP contribution >= 0.6 is 0 Å². The number of halogens is 1. The van der Waals surface area contributed by atoms with Crippen LogP contribution in [0.1, 0.15) is 10.4 Å². The molecule has 0 unspecified atom stereocenters. The lowest BCUT2D eigenvalue weighted by molar-refractivity contribution is 0.0577. The van der Waals surface area contributed by atoms with Crippen molar-refractivity contribution in [2.24, 2.45) is 0 Å². The number of aromatic hydroxyl groups is 1. The zero-order valence-corrected chi connectivity index (χ0v) is 9.93. The Balaban J connectivity index is 2.20. The van der Waals surface area contributed by atoms with Crippen molar-refractivity contribution in [2.45, 2.75) is 12.1 Å². The Morgan fingerprint density at radius 2 is 2.22 bits per heavy atom. The van der Waals surface area contributed by atoms with Gasteiger partial charge < -0.3 is 20.4 Å². The van der Waals surface area contributed by atoms with Crippen LogP contribution in [0.25, 0.3) is 0 Å². The molecule has 0 spiro atoms. The van der Waals surface area contributed by atoms with Crippen LogP contribution in [0.15, 0.2) is 18.2 Å². The van der Waals surface area contributed by atoms with E-state index in [9.17, 15) is 14.3 Å². The molecule has 0 bridgehead atoms. The van der Waals surface area contributed by atoms with Crippen molar-refractivity contribution >= 4 is 5.91 Å². The monoisotopic (exact) mass is 254 g/mol. The van der Waals surface area contributed by atoms with E-state index in [0.29, 0.717) is 13.1 Å². The first kappa shape index (κ1) is 12.8. The fraction of sp³-hybridized carbons (Fsp3) is 0.417. The predicted octanol–water partition coefficient (Wildman–Crippen LogP) is -0.0640. The molecule has 1 heterocycles. The molecular formula is C12H15FN2O3. The largest absolute Gasteiger partial charge is 0.508 e. The number of hydrogen-bond donors (Lipinski definition) is 3. The molecule has 1 aliphatic heterocycles. The Labute approximate surface area is 104 Å². The highest BCUT2D eigenvalue weighted by Crippen LogP contribution is 2.18. The van der Waals surface area contributed by atoms with Crippen molar-refractivity contribution in [3.05, 3.63) is 29.6 Å². The lowest BCUT2D eigenvalue weighted by Gasteiger charge is -2.26. The Kier molecular flexibility index (Phi) is 3.49. The summed E-state index contributed by atoms with van der Waals surface area (Å²) < 4.78 is 13.6. The first-order valence-electron chi connectivity index (χ1n) is 5.65. The fourth-order valence-corrected chi connectivity index (χ4v) is 2.06. The molecule has 1 fully saturated rings. The van der Waals surface area contributed by atoms with Crippen molar-refractivity contribution in [3.8, 4) is 5.75 Å². The van der Waals surface area contributed by atoms with E-state index in [0.717, 1.165) is 6.07 Å². The standard InChI is InChI=1S/C12H15FN2O3/c1-15(10-5-14-6-11(10)17)12(18)8-3-2-7(16)4-9(8)13/h2-4,10-11,14,16-17H,5-6H2,1H3/t10-,11-/m1/s1. The zero-order valence-electron chi connectivity index (χ0n) is 9.93. The lowest BCUT2D eigenvalue weighted by atomic mass is 10.1. The summed E-state index contributed by atoms with van der Waals surface area (Å²) in [4.78, 5) is 13.4. The average molecular weight is 254 g/mol. The molecule has 1 saturated heterocycles. The number of benzene rings is 1. The number of likely N-dealkylation sites (N-methyl/N-ethyl adjacent to an activating group) is 1. The van der Waals surface area contributed by atoms with E-state index in [-0.39, 0.29) is 17.4 Å². The molecule has 98 valence electrons. The Hall–Kier alpha value is -1.66. The van der Waals surface area contributed by atoms with Gasteiger partial charge in [0.25, 0.3) is 5.91 Å². The number of phenolic OH excluding ortho intramolecular Hbond substituents is 1. The molecule has 1 amide bonds. The number of phenols is 1. The maximum Gasteiger partial charge on any atom is 0.256 e. The van der Waals surface area contributed by atoms with E-state index in [1.54, 1.807) is 0 Å². The van der Waals surface area contributed by atoms with E-state index in [1.165, 1.54) is 24.1 Å². The van der Waals surface area contributed by atoms with Crippen LogP contribution in [0.2, 0.25) is 0 Å². The third-order valence-electron chi connectivity index (χ3n) is 3.15. The van der Waals surface area contributed by atoms with Crippen LogP contribution in [0.5, 0.6) is 5.75 Å². The van der Waals surface area contributed by atoms with Crippen molar-refractivity contribution in [3.63, 3.8) is 0 Å². The molecule has 1 aromatic rings. The summed E-state index contributed by atoms with van der Waals surface area (Å²) in [5, 5.41) is 21.7. The van der Waals surface area contributed by atoms with Crippen LogP contribution in [0, 0.1) is 5.82 Å². The van der Waals surface area contributed by atoms with E-state index >= 15 is 0 Å². The molecule has 2 atom stereocenters. The van der Waals surface area contributed by atoms with E-state index < -0.39 is 17.8 Å². The van der Waals surface area contributed by atoms with Gasteiger partial charge in [0.15, 0.2) is 0 Å². The molecule has 18 heavy (non-hydrogen) atoms. The minimum absolute atomic E-state index is 0.116. The third-order valence-corrected chi connectivity index (χ3v) is 3.15. The molecule has 6 heteroatoms. The van der Waals surface area contributed by atoms with Gasteiger partial charge in [0.05, 0.1) is 17.7 Å². The molecule has 5 nitrogen and oxygen atoms in total. The number of aliphatic hydroxyl groups is 1. The van der Waals surface area contributed by atoms with Gasteiger partial charge in [-0.3, -0.25) is 4.79 Å². The number of nitrogens with zero attached hydrogens (tertiary/aromatic N) is 1. The minimum Gasteiger partial charge on any atom is -0.508 e. The number of aliphatic hydroxyl groups excluding tert-OH is 1. The van der Waals surface area contributed by atoms with Crippen LogP contribution < -0.4 is 5.32 Å². The predicted molar refractivity (Wildman–Crippen MR) is 62.8 cm³/mol. The summed E-state index contributed by atoms with van der Waals surface area (Å²) >= 11 is 0. The number of rotatable bonds is 2. The summed E-state index contributed by atoms with van der Waals surface area (Å²) in [5.41, 5.74) is -0.116. The summed E-state index contributed by atoms with van der Waals surface area (Å²) in [6.45, 7) is 0.892. The van der Waals surface area contributed by atoms with Gasteiger partial charge >= 0.3 is 0 Å². The SMILES string of the molecule is CN(C(=O)c1ccc(O)cc1F)[C@@H]1CNC[C@H]1O. The molecule has 1 aromatic carbocycles. The number of carbonyl (C=O) groups is 1. The highest BCUT2D eigenvalue weighted by Gasteiger charge is 2.32. The molecule has 3 N–H and O–H groups in total. The summed E-state index contributed by atoms with van der Waals surface area (Å²) in [6.07, 6.45) is -0.654. The Morgan fingerprint density at radius 1 is 1.50 bits per heavy atom. The van der Waals surface area contributed by atoms with E-state index in [1.807, 2.05) is 0 Å². The number of carbonyl (C=O) groups excluding carboxylic acids is 1. The normalized spacial score (nSPS) is 23.1. The van der Waals surface area contributed by atoms with Crippen LogP contribution in [0.3, 0.4) is 0 Å². The third kappa shape index (κ3) is 2.30. The van der Waals surface area contributed by atoms with Gasteiger partial charge in [0.2, 0.25) is 0 Å². The maximum atomic E-state index is 13.6. The average Bonchev–Trinajstić information content (AvgIpc) is 2.74. The number of amides is 1. The Bertz CT molecular complexity index is 467. The highest BCUT2D eigenvalue weighted by molar-refractivity contribution is 5.94. The maximum absolute atomic E-state index is 13.6. The first-order valence-corrected chi connectivity index (χ1v) is 5.65. The molecule has 1 aliphatic rings. The quantitative estimate of drug-likeness (QED) is 0.691. The van der Waals surface area contributed by atoms with Gasteiger partial charge in [-0.2, -0.15) is 0 Å². The number of hydrogen-bond acceptors (Lipinski definition) is 4.